The number of amides is 1. The first-order valence-electron chi connectivity index (χ1n) is 8.08. The monoisotopic (exact) mass is 380 g/mol. The number of hydrogen-bond donors (Lipinski definition) is 1. The van der Waals surface area contributed by atoms with Crippen molar-refractivity contribution in [1.82, 2.24) is 5.32 Å². The van der Waals surface area contributed by atoms with E-state index in [1.54, 1.807) is 24.3 Å². The van der Waals surface area contributed by atoms with Crippen LogP contribution in [0.2, 0.25) is 0 Å². The second-order valence-corrected chi connectivity index (χ2v) is 8.31. The minimum absolute atomic E-state index is 0.0432. The number of nitrogens with zero attached hydrogens (tertiary/aromatic N) is 1. The maximum Gasteiger partial charge on any atom is 0.347 e. The number of ether oxygens (including phenoxy) is 2. The van der Waals surface area contributed by atoms with Gasteiger partial charge in [0.25, 0.3) is 5.91 Å². The summed E-state index contributed by atoms with van der Waals surface area (Å²) in [5, 5.41) is 11.3. The summed E-state index contributed by atoms with van der Waals surface area (Å²) < 4.78 is 33.3. The zero-order valence-electron chi connectivity index (χ0n) is 14.5. The third-order valence-electron chi connectivity index (χ3n) is 3.87. The minimum Gasteiger partial charge on any atom is -0.479 e. The number of carbonyl (C=O) groups is 2. The van der Waals surface area contributed by atoms with E-state index in [1.165, 1.54) is 13.8 Å². The van der Waals surface area contributed by atoms with Gasteiger partial charge in [-0.15, -0.1) is 0 Å². The lowest BCUT2D eigenvalue weighted by Crippen LogP contribution is -2.43. The summed E-state index contributed by atoms with van der Waals surface area (Å²) in [6.45, 7) is 2.89. The van der Waals surface area contributed by atoms with Gasteiger partial charge in [-0.1, -0.05) is 0 Å². The molecule has 3 atom stereocenters. The molecule has 140 valence electrons. The largest absolute Gasteiger partial charge is 0.479 e. The Morgan fingerprint density at radius 1 is 1.23 bits per heavy atom. The Labute approximate surface area is 152 Å². The highest BCUT2D eigenvalue weighted by Crippen LogP contribution is 2.15. The molecule has 0 radical (unpaired) electrons. The van der Waals surface area contributed by atoms with Gasteiger partial charge in [-0.05, 0) is 44.5 Å². The van der Waals surface area contributed by atoms with Crippen LogP contribution in [-0.2, 0) is 24.2 Å². The van der Waals surface area contributed by atoms with Crippen LogP contribution < -0.4 is 10.1 Å². The fourth-order valence-corrected chi connectivity index (χ4v) is 4.08. The second kappa shape index (κ2) is 8.19. The molecule has 0 unspecified atom stereocenters. The highest BCUT2D eigenvalue weighted by atomic mass is 32.2. The van der Waals surface area contributed by atoms with Crippen LogP contribution in [0.5, 0.6) is 5.75 Å². The predicted octanol–water partition coefficient (Wildman–Crippen LogP) is 0.561. The molecular weight excluding hydrogens is 360 g/mol. The van der Waals surface area contributed by atoms with Gasteiger partial charge in [0.2, 0.25) is 0 Å². The number of esters is 1. The zero-order valence-corrected chi connectivity index (χ0v) is 15.3. The van der Waals surface area contributed by atoms with Crippen molar-refractivity contribution in [3.05, 3.63) is 29.8 Å². The van der Waals surface area contributed by atoms with E-state index in [0.29, 0.717) is 17.7 Å². The van der Waals surface area contributed by atoms with Gasteiger partial charge in [0, 0.05) is 6.04 Å². The molecule has 1 saturated heterocycles. The zero-order chi connectivity index (χ0) is 19.3. The van der Waals surface area contributed by atoms with Gasteiger partial charge in [-0.25, -0.2) is 13.2 Å². The number of nitrogens with one attached hydrogen (secondary N) is 1. The lowest BCUT2D eigenvalue weighted by Gasteiger charge is -2.19. The molecule has 26 heavy (non-hydrogen) atoms. The Morgan fingerprint density at radius 3 is 2.42 bits per heavy atom. The molecule has 0 aliphatic carbocycles. The first kappa shape index (κ1) is 19.7. The number of carbonyl (C=O) groups excluding carboxylic acids is 2. The molecule has 1 amide bonds. The normalized spacial score (nSPS) is 20.4. The highest BCUT2D eigenvalue weighted by Gasteiger charge is 2.31. The van der Waals surface area contributed by atoms with Crippen molar-refractivity contribution >= 4 is 21.7 Å². The summed E-state index contributed by atoms with van der Waals surface area (Å²) in [7, 11) is -3.11. The Kier molecular flexibility index (Phi) is 6.21. The van der Waals surface area contributed by atoms with Crippen molar-refractivity contribution in [2.24, 2.45) is 0 Å². The van der Waals surface area contributed by atoms with E-state index in [2.05, 4.69) is 5.32 Å². The lowest BCUT2D eigenvalue weighted by molar-refractivity contribution is -0.161. The molecule has 1 aromatic rings. The standard InChI is InChI=1S/C17H20N2O6S/c1-11(16(20)19-14-7-8-26(22,23)10-14)25-17(21)12(2)24-15-5-3-13(9-18)4-6-15/h3-6,11-12,14H,7-8,10H2,1-2H3,(H,19,20)/t11-,12-,14-/m1/s1. The third kappa shape index (κ3) is 5.46. The quantitative estimate of drug-likeness (QED) is 0.715. The van der Waals surface area contributed by atoms with Crippen LogP contribution in [0.15, 0.2) is 24.3 Å². The Bertz CT molecular complexity index is 813. The first-order valence-corrected chi connectivity index (χ1v) is 9.90. The Hall–Kier alpha value is -2.60. The van der Waals surface area contributed by atoms with Crippen LogP contribution in [0.25, 0.3) is 0 Å². The predicted molar refractivity (Wildman–Crippen MR) is 92.0 cm³/mol. The number of nitriles is 1. The summed E-state index contributed by atoms with van der Waals surface area (Å²) in [5.74, 6) is -0.942. The van der Waals surface area contributed by atoms with Crippen LogP contribution in [0.4, 0.5) is 0 Å². The average Bonchev–Trinajstić information content (AvgIpc) is 2.93. The molecule has 1 heterocycles. The van der Waals surface area contributed by atoms with Gasteiger partial charge in [-0.2, -0.15) is 5.26 Å². The van der Waals surface area contributed by atoms with Crippen LogP contribution in [0, 0.1) is 11.3 Å². The molecule has 0 saturated carbocycles. The van der Waals surface area contributed by atoms with Gasteiger partial charge in [0.1, 0.15) is 5.75 Å². The van der Waals surface area contributed by atoms with Crippen molar-refractivity contribution < 1.29 is 27.5 Å². The fourth-order valence-electron chi connectivity index (χ4n) is 2.41. The smallest absolute Gasteiger partial charge is 0.347 e. The van der Waals surface area contributed by atoms with Crippen LogP contribution in [0.1, 0.15) is 25.8 Å². The van der Waals surface area contributed by atoms with E-state index in [1.807, 2.05) is 6.07 Å². The molecule has 1 N–H and O–H groups in total. The maximum atomic E-state index is 12.1. The van der Waals surface area contributed by atoms with Gasteiger partial charge in [0.15, 0.2) is 22.0 Å². The van der Waals surface area contributed by atoms with E-state index in [0.717, 1.165) is 0 Å². The van der Waals surface area contributed by atoms with Crippen LogP contribution in [-0.4, -0.2) is 50.0 Å². The summed E-state index contributed by atoms with van der Waals surface area (Å²) in [6, 6.07) is 7.74. The molecule has 1 aliphatic rings. The molecule has 0 aromatic heterocycles. The van der Waals surface area contributed by atoms with Gasteiger partial charge >= 0.3 is 5.97 Å². The highest BCUT2D eigenvalue weighted by molar-refractivity contribution is 7.91. The number of benzene rings is 1. The summed E-state index contributed by atoms with van der Waals surface area (Å²) in [6.07, 6.45) is -1.67. The van der Waals surface area contributed by atoms with E-state index >= 15 is 0 Å². The number of rotatable bonds is 6. The summed E-state index contributed by atoms with van der Waals surface area (Å²) >= 11 is 0. The minimum atomic E-state index is -3.11. The van der Waals surface area contributed by atoms with Gasteiger partial charge in [-0.3, -0.25) is 4.79 Å². The molecule has 2 rings (SSSR count). The van der Waals surface area contributed by atoms with E-state index in [-0.39, 0.29) is 11.5 Å². The molecule has 1 aliphatic heterocycles. The van der Waals surface area contributed by atoms with E-state index in [4.69, 9.17) is 14.7 Å². The van der Waals surface area contributed by atoms with Crippen molar-refractivity contribution in [3.63, 3.8) is 0 Å². The van der Waals surface area contributed by atoms with Crippen molar-refractivity contribution in [2.45, 2.75) is 38.5 Å². The molecule has 1 aromatic carbocycles. The summed E-state index contributed by atoms with van der Waals surface area (Å²) in [4.78, 5) is 24.1. The van der Waals surface area contributed by atoms with Crippen molar-refractivity contribution in [3.8, 4) is 11.8 Å². The topological polar surface area (TPSA) is 123 Å². The maximum absolute atomic E-state index is 12.1. The molecule has 8 nitrogen and oxygen atoms in total. The number of hydrogen-bond acceptors (Lipinski definition) is 7. The van der Waals surface area contributed by atoms with Gasteiger partial charge in [0.05, 0.1) is 23.1 Å². The Balaban J connectivity index is 1.83. The van der Waals surface area contributed by atoms with Crippen LogP contribution in [0.3, 0.4) is 0 Å². The SMILES string of the molecule is C[C@@H](OC(=O)[C@@H](C)Oc1ccc(C#N)cc1)C(=O)N[C@@H]1CCS(=O)(=O)C1. The van der Waals surface area contributed by atoms with Crippen LogP contribution >= 0.6 is 0 Å². The molecule has 9 heteroatoms. The first-order chi connectivity index (χ1) is 12.2. The lowest BCUT2D eigenvalue weighted by atomic mass is 10.2. The molecule has 1 fully saturated rings. The Morgan fingerprint density at radius 2 is 1.88 bits per heavy atom. The number of sulfone groups is 1. The molecule has 0 bridgehead atoms. The second-order valence-electron chi connectivity index (χ2n) is 6.08. The van der Waals surface area contributed by atoms with E-state index in [9.17, 15) is 18.0 Å². The average molecular weight is 380 g/mol. The third-order valence-corrected chi connectivity index (χ3v) is 5.64. The van der Waals surface area contributed by atoms with Crippen molar-refractivity contribution in [2.75, 3.05) is 11.5 Å². The summed E-state index contributed by atoms with van der Waals surface area (Å²) in [5.41, 5.74) is 0.465. The van der Waals surface area contributed by atoms with Crippen molar-refractivity contribution in [1.29, 1.82) is 5.26 Å². The van der Waals surface area contributed by atoms with Gasteiger partial charge < -0.3 is 14.8 Å². The molecular formula is C17H20N2O6S. The fraction of sp³-hybridized carbons (Fsp3) is 0.471. The van der Waals surface area contributed by atoms with E-state index < -0.39 is 40.0 Å². The molecule has 0 spiro atoms.